The number of aliphatic carboxylic acids is 1. The third-order valence-electron chi connectivity index (χ3n) is 7.23. The molecule has 3 aromatic rings. The lowest BCUT2D eigenvalue weighted by atomic mass is 9.68. The summed E-state index contributed by atoms with van der Waals surface area (Å²) < 4.78 is 39.9. The van der Waals surface area contributed by atoms with Gasteiger partial charge in [0.1, 0.15) is 6.10 Å². The van der Waals surface area contributed by atoms with Gasteiger partial charge in [0, 0.05) is 60.4 Å². The molecule has 190 valence electrons. The number of carboxylic acids is 1. The van der Waals surface area contributed by atoms with Crippen LogP contribution in [0.4, 0.5) is 14.5 Å². The van der Waals surface area contributed by atoms with E-state index in [-0.39, 0.29) is 24.6 Å². The van der Waals surface area contributed by atoms with E-state index in [1.807, 2.05) is 6.07 Å². The molecule has 8 nitrogen and oxygen atoms in total. The molecular weight excluding hydrogens is 482 g/mol. The average Bonchev–Trinajstić information content (AvgIpc) is 2.87. The summed E-state index contributed by atoms with van der Waals surface area (Å²) in [5.41, 5.74) is 7.03. The van der Waals surface area contributed by atoms with Gasteiger partial charge >= 0.3 is 5.97 Å². The van der Waals surface area contributed by atoms with Crippen LogP contribution in [0.15, 0.2) is 30.3 Å². The van der Waals surface area contributed by atoms with Gasteiger partial charge in [0.05, 0.1) is 11.8 Å². The zero-order valence-corrected chi connectivity index (χ0v) is 19.8. The van der Waals surface area contributed by atoms with Crippen molar-refractivity contribution in [3.05, 3.63) is 53.2 Å². The van der Waals surface area contributed by atoms with Crippen molar-refractivity contribution < 1.29 is 28.2 Å². The Labute approximate surface area is 211 Å². The molecule has 10 heteroatoms. The maximum Gasteiger partial charge on any atom is 0.324 e. The zero-order chi connectivity index (χ0) is 26.3. The Balaban J connectivity index is 1.71. The Bertz CT molecular complexity index is 1460. The van der Waals surface area contributed by atoms with Crippen molar-refractivity contribution in [1.29, 1.82) is 10.7 Å². The van der Waals surface area contributed by atoms with E-state index >= 15 is 0 Å². The number of nitrogen functional groups attached to an aromatic ring is 1. The second-order valence-electron chi connectivity index (χ2n) is 9.51. The summed E-state index contributed by atoms with van der Waals surface area (Å²) in [6.45, 7) is 1.02. The van der Waals surface area contributed by atoms with Gasteiger partial charge in [0.25, 0.3) is 0 Å². The van der Waals surface area contributed by atoms with E-state index in [0.717, 1.165) is 18.3 Å². The van der Waals surface area contributed by atoms with Crippen LogP contribution in [0.25, 0.3) is 21.9 Å². The summed E-state index contributed by atoms with van der Waals surface area (Å²) in [7, 11) is 0. The number of aromatic nitrogens is 1. The first-order chi connectivity index (χ1) is 17.8. The first-order valence-electron chi connectivity index (χ1n) is 11.9. The van der Waals surface area contributed by atoms with E-state index < -0.39 is 29.1 Å². The van der Waals surface area contributed by atoms with Crippen molar-refractivity contribution in [3.63, 3.8) is 0 Å². The molecule has 1 aliphatic heterocycles. The zero-order valence-electron chi connectivity index (χ0n) is 19.8. The molecular formula is C27H24F2N4O4. The molecule has 2 fully saturated rings. The highest BCUT2D eigenvalue weighted by molar-refractivity contribution is 6.05. The minimum absolute atomic E-state index is 0.00754. The number of rotatable bonds is 6. The van der Waals surface area contributed by atoms with Gasteiger partial charge in [-0.3, -0.25) is 4.79 Å². The lowest BCUT2D eigenvalue weighted by Gasteiger charge is -2.38. The van der Waals surface area contributed by atoms with Crippen LogP contribution in [0.5, 0.6) is 5.88 Å². The van der Waals surface area contributed by atoms with Gasteiger partial charge in [0.2, 0.25) is 5.88 Å². The second kappa shape index (κ2) is 9.41. The summed E-state index contributed by atoms with van der Waals surface area (Å²) in [5, 5.41) is 27.7. The van der Waals surface area contributed by atoms with Gasteiger partial charge in [-0.1, -0.05) is 6.07 Å². The smallest absolute Gasteiger partial charge is 0.324 e. The van der Waals surface area contributed by atoms with E-state index in [0.29, 0.717) is 64.9 Å². The summed E-state index contributed by atoms with van der Waals surface area (Å²) >= 11 is 0. The average molecular weight is 507 g/mol. The van der Waals surface area contributed by atoms with Gasteiger partial charge in [-0.05, 0) is 48.1 Å². The molecule has 1 aromatic heterocycles. The van der Waals surface area contributed by atoms with E-state index in [4.69, 9.17) is 25.6 Å². The summed E-state index contributed by atoms with van der Waals surface area (Å²) in [4.78, 5) is 16.4. The number of nitriles is 1. The lowest BCUT2D eigenvalue weighted by Crippen LogP contribution is -2.48. The van der Waals surface area contributed by atoms with Crippen molar-refractivity contribution in [1.82, 2.24) is 4.98 Å². The second-order valence-corrected chi connectivity index (χ2v) is 9.51. The first-order valence-corrected chi connectivity index (χ1v) is 11.9. The molecule has 0 radical (unpaired) electrons. The number of hydrogen-bond donors (Lipinski definition) is 3. The van der Waals surface area contributed by atoms with Crippen molar-refractivity contribution in [2.24, 2.45) is 5.41 Å². The number of hydrogen-bond acceptors (Lipinski definition) is 7. The number of benzene rings is 2. The maximum atomic E-state index is 14.4. The fraction of sp³-hybridized carbons (Fsp3) is 0.333. The number of carbonyl (C=O) groups is 1. The number of fused-ring (bicyclic) bond motifs is 1. The van der Waals surface area contributed by atoms with Crippen molar-refractivity contribution in [2.45, 2.75) is 37.7 Å². The molecule has 1 aliphatic carbocycles. The van der Waals surface area contributed by atoms with Gasteiger partial charge < -0.3 is 25.7 Å². The Kier molecular flexibility index (Phi) is 6.25. The number of halogens is 2. The quantitative estimate of drug-likeness (QED) is 0.322. The largest absolute Gasteiger partial charge is 0.480 e. The Morgan fingerprint density at radius 1 is 1.22 bits per heavy atom. The minimum atomic E-state index is -1.50. The fourth-order valence-electron chi connectivity index (χ4n) is 5.09. The molecule has 1 saturated heterocycles. The number of pyridine rings is 1. The predicted octanol–water partition coefficient (Wildman–Crippen LogP) is 4.79. The monoisotopic (exact) mass is 506 g/mol. The van der Waals surface area contributed by atoms with Crippen LogP contribution in [-0.2, 0) is 9.53 Å². The molecule has 5 rings (SSSR count). The standard InChI is InChI=1S/C27H24F2N4O4/c28-20-2-1-15(8-21(20)29)23-18-7-16(12-30)22(32)9-19(18)25(33-24(23)14-3-5-36-6-4-14)37-17-10-27(11-17,13-31)26(34)35/h1-2,7-9,12,14,17,30H,3-6,10-11,32H2,(H,34,35). The third-order valence-corrected chi connectivity index (χ3v) is 7.23. The third kappa shape index (κ3) is 4.25. The number of nitrogens with one attached hydrogen (secondary N) is 1. The van der Waals surface area contributed by atoms with Crippen LogP contribution in [0, 0.1) is 33.8 Å². The van der Waals surface area contributed by atoms with Crippen LogP contribution in [0.2, 0.25) is 0 Å². The molecule has 0 bridgehead atoms. The van der Waals surface area contributed by atoms with E-state index in [2.05, 4.69) is 0 Å². The highest BCUT2D eigenvalue weighted by atomic mass is 19.2. The normalized spacial score (nSPS) is 21.7. The molecule has 0 amide bonds. The number of nitrogens with zero attached hydrogens (tertiary/aromatic N) is 2. The highest BCUT2D eigenvalue weighted by Gasteiger charge is 2.53. The first kappa shape index (κ1) is 24.6. The fourth-order valence-corrected chi connectivity index (χ4v) is 5.09. The van der Waals surface area contributed by atoms with Gasteiger partial charge in [0.15, 0.2) is 17.0 Å². The molecule has 4 N–H and O–H groups in total. The molecule has 0 unspecified atom stereocenters. The molecule has 1 saturated carbocycles. The van der Waals surface area contributed by atoms with Gasteiger partial charge in [-0.25, -0.2) is 13.8 Å². The Hall–Kier alpha value is -4.10. The van der Waals surface area contributed by atoms with Gasteiger partial charge in [-0.15, -0.1) is 0 Å². The lowest BCUT2D eigenvalue weighted by molar-refractivity contribution is -0.154. The molecule has 37 heavy (non-hydrogen) atoms. The molecule has 0 spiro atoms. The van der Waals surface area contributed by atoms with E-state index in [1.54, 1.807) is 12.1 Å². The summed E-state index contributed by atoms with van der Waals surface area (Å²) in [6.07, 6.45) is 1.88. The number of ether oxygens (including phenoxy) is 2. The van der Waals surface area contributed by atoms with Crippen LogP contribution in [0.3, 0.4) is 0 Å². The molecule has 2 aromatic carbocycles. The summed E-state index contributed by atoms with van der Waals surface area (Å²) in [6, 6.07) is 8.85. The predicted molar refractivity (Wildman–Crippen MR) is 132 cm³/mol. The molecule has 2 aliphatic rings. The molecule has 2 heterocycles. The minimum Gasteiger partial charge on any atom is -0.480 e. The summed E-state index contributed by atoms with van der Waals surface area (Å²) in [5.74, 6) is -3.01. The van der Waals surface area contributed by atoms with Crippen LogP contribution in [0.1, 0.15) is 42.9 Å². The van der Waals surface area contributed by atoms with Gasteiger partial charge in [-0.2, -0.15) is 5.26 Å². The SMILES string of the molecule is N#CC1(C(=O)O)CC(Oc2nc(C3CCOCC3)c(-c3ccc(F)c(F)c3)c3cc(C=N)c(N)cc23)C1. The van der Waals surface area contributed by atoms with Crippen molar-refractivity contribution in [2.75, 3.05) is 18.9 Å². The number of carboxylic acid groups (broad SMARTS) is 1. The van der Waals surface area contributed by atoms with Crippen LogP contribution < -0.4 is 10.5 Å². The number of anilines is 1. The van der Waals surface area contributed by atoms with Crippen molar-refractivity contribution >= 4 is 28.6 Å². The van der Waals surface area contributed by atoms with Crippen molar-refractivity contribution in [3.8, 4) is 23.1 Å². The number of nitrogens with two attached hydrogens (primary N) is 1. The van der Waals surface area contributed by atoms with Crippen LogP contribution in [-0.4, -0.2) is 41.6 Å². The van der Waals surface area contributed by atoms with Crippen LogP contribution >= 0.6 is 0 Å². The van der Waals surface area contributed by atoms with E-state index in [1.165, 1.54) is 6.07 Å². The highest BCUT2D eigenvalue weighted by Crippen LogP contribution is 2.46. The molecule has 0 atom stereocenters. The Morgan fingerprint density at radius 3 is 2.57 bits per heavy atom. The maximum absolute atomic E-state index is 14.4. The van der Waals surface area contributed by atoms with E-state index in [9.17, 15) is 23.9 Å². The Morgan fingerprint density at radius 2 is 1.95 bits per heavy atom. The topological polar surface area (TPSA) is 142 Å².